The Morgan fingerprint density at radius 1 is 1.21 bits per heavy atom. The lowest BCUT2D eigenvalue weighted by Crippen LogP contribution is -2.41. The van der Waals surface area contributed by atoms with Gasteiger partial charge < -0.3 is 14.6 Å². The van der Waals surface area contributed by atoms with Crippen LogP contribution in [0.1, 0.15) is 29.1 Å². The quantitative estimate of drug-likeness (QED) is 0.726. The number of carbonyl (C=O) groups is 2. The van der Waals surface area contributed by atoms with Crippen LogP contribution < -0.4 is 5.32 Å². The largest absolute Gasteiger partial charge is 0.441 e. The molecule has 1 saturated heterocycles. The van der Waals surface area contributed by atoms with E-state index in [1.807, 2.05) is 30.3 Å². The van der Waals surface area contributed by atoms with Gasteiger partial charge in [-0.05, 0) is 31.9 Å². The molecule has 28 heavy (non-hydrogen) atoms. The van der Waals surface area contributed by atoms with Crippen molar-refractivity contribution >= 4 is 28.3 Å². The maximum atomic E-state index is 12.9. The van der Waals surface area contributed by atoms with Crippen LogP contribution in [-0.2, 0) is 4.79 Å². The van der Waals surface area contributed by atoms with Crippen LogP contribution in [0, 0.1) is 12.8 Å². The van der Waals surface area contributed by atoms with Crippen molar-refractivity contribution in [1.29, 1.82) is 0 Å². The Hall–Kier alpha value is -3.07. The third kappa shape index (κ3) is 3.79. The fourth-order valence-corrected chi connectivity index (χ4v) is 3.68. The van der Waals surface area contributed by atoms with Crippen LogP contribution in [0.5, 0.6) is 0 Å². The molecule has 1 fully saturated rings. The monoisotopic (exact) mass is 397 g/mol. The van der Waals surface area contributed by atoms with E-state index in [0.29, 0.717) is 48.4 Å². The van der Waals surface area contributed by atoms with Gasteiger partial charge in [0.2, 0.25) is 16.9 Å². The first-order valence-electron chi connectivity index (χ1n) is 9.01. The van der Waals surface area contributed by atoms with Crippen molar-refractivity contribution in [2.24, 2.45) is 5.92 Å². The van der Waals surface area contributed by atoms with Crippen LogP contribution in [0.2, 0.25) is 0 Å². The molecule has 8 nitrogen and oxygen atoms in total. The molecule has 1 aromatic carbocycles. The Balaban J connectivity index is 1.39. The number of nitrogens with zero attached hydrogens (tertiary/aromatic N) is 4. The Morgan fingerprint density at radius 2 is 1.96 bits per heavy atom. The number of nitrogens with one attached hydrogen (secondary N) is 1. The van der Waals surface area contributed by atoms with E-state index in [0.717, 1.165) is 5.56 Å². The zero-order valence-corrected chi connectivity index (χ0v) is 16.1. The number of likely N-dealkylation sites (tertiary alicyclic amines) is 1. The number of aromatic nitrogens is 3. The van der Waals surface area contributed by atoms with E-state index in [9.17, 15) is 9.59 Å². The van der Waals surface area contributed by atoms with Gasteiger partial charge in [-0.3, -0.25) is 9.59 Å². The molecule has 3 aromatic rings. The molecule has 0 bridgehead atoms. The smallest absolute Gasteiger partial charge is 0.276 e. The lowest BCUT2D eigenvalue weighted by molar-refractivity contribution is -0.121. The number of hydrogen-bond acceptors (Lipinski definition) is 7. The molecule has 144 valence electrons. The van der Waals surface area contributed by atoms with Gasteiger partial charge in [0.15, 0.2) is 5.69 Å². The fourth-order valence-electron chi connectivity index (χ4n) is 3.23. The van der Waals surface area contributed by atoms with Gasteiger partial charge in [-0.1, -0.05) is 29.5 Å². The topological polar surface area (TPSA) is 101 Å². The molecule has 0 unspecified atom stereocenters. The Morgan fingerprint density at radius 3 is 2.64 bits per heavy atom. The van der Waals surface area contributed by atoms with Crippen LogP contribution >= 0.6 is 11.3 Å². The SMILES string of the molecule is Cc1oc(-c2ccccc2)nc1C(=O)N1CCC(C(=O)Nc2nncs2)CC1. The summed E-state index contributed by atoms with van der Waals surface area (Å²) in [6.07, 6.45) is 1.19. The van der Waals surface area contributed by atoms with Crippen LogP contribution in [0.3, 0.4) is 0 Å². The van der Waals surface area contributed by atoms with E-state index in [4.69, 9.17) is 4.42 Å². The number of piperidine rings is 1. The first-order chi connectivity index (χ1) is 13.6. The van der Waals surface area contributed by atoms with Crippen molar-refractivity contribution in [3.05, 3.63) is 47.3 Å². The fraction of sp³-hybridized carbons (Fsp3) is 0.316. The summed E-state index contributed by atoms with van der Waals surface area (Å²) >= 11 is 1.28. The van der Waals surface area contributed by atoms with Crippen molar-refractivity contribution in [2.45, 2.75) is 19.8 Å². The number of benzene rings is 1. The average molecular weight is 397 g/mol. The normalized spacial score (nSPS) is 14.8. The van der Waals surface area contributed by atoms with E-state index in [-0.39, 0.29) is 17.7 Å². The van der Waals surface area contributed by atoms with Crippen molar-refractivity contribution in [3.8, 4) is 11.5 Å². The van der Waals surface area contributed by atoms with E-state index >= 15 is 0 Å². The summed E-state index contributed by atoms with van der Waals surface area (Å²) in [5, 5.41) is 10.8. The number of aryl methyl sites for hydroxylation is 1. The number of carbonyl (C=O) groups excluding carboxylic acids is 2. The molecular formula is C19H19N5O3S. The zero-order chi connectivity index (χ0) is 19.5. The van der Waals surface area contributed by atoms with Gasteiger partial charge in [-0.2, -0.15) is 0 Å². The summed E-state index contributed by atoms with van der Waals surface area (Å²) in [5.74, 6) is 0.554. The lowest BCUT2D eigenvalue weighted by Gasteiger charge is -2.30. The zero-order valence-electron chi connectivity index (χ0n) is 15.3. The van der Waals surface area contributed by atoms with Crippen LogP contribution in [0.4, 0.5) is 5.13 Å². The predicted molar refractivity (Wildman–Crippen MR) is 104 cm³/mol. The molecule has 0 saturated carbocycles. The molecule has 2 aromatic heterocycles. The van der Waals surface area contributed by atoms with E-state index < -0.39 is 0 Å². The molecule has 0 atom stereocenters. The third-order valence-electron chi connectivity index (χ3n) is 4.76. The third-order valence-corrected chi connectivity index (χ3v) is 5.37. The Bertz CT molecular complexity index is 963. The van der Waals surface area contributed by atoms with Gasteiger partial charge >= 0.3 is 0 Å². The number of amides is 2. The molecule has 2 amide bonds. The molecule has 0 aliphatic carbocycles. The summed E-state index contributed by atoms with van der Waals surface area (Å²) in [6, 6.07) is 9.49. The molecule has 9 heteroatoms. The van der Waals surface area contributed by atoms with E-state index in [1.165, 1.54) is 11.3 Å². The average Bonchev–Trinajstić information content (AvgIpc) is 3.38. The molecule has 3 heterocycles. The molecule has 1 aliphatic heterocycles. The molecular weight excluding hydrogens is 378 g/mol. The van der Waals surface area contributed by atoms with Crippen molar-refractivity contribution < 1.29 is 14.0 Å². The van der Waals surface area contributed by atoms with Crippen molar-refractivity contribution in [3.63, 3.8) is 0 Å². The number of oxazole rings is 1. The summed E-state index contributed by atoms with van der Waals surface area (Å²) in [6.45, 7) is 2.74. The number of anilines is 1. The van der Waals surface area contributed by atoms with E-state index in [2.05, 4.69) is 20.5 Å². The number of hydrogen-bond donors (Lipinski definition) is 1. The van der Waals surface area contributed by atoms with Crippen LogP contribution in [-0.4, -0.2) is 45.0 Å². The van der Waals surface area contributed by atoms with Crippen LogP contribution in [0.15, 0.2) is 40.3 Å². The Labute approximate surface area is 165 Å². The standard InChI is InChI=1S/C19H19N5O3S/c1-12-15(21-17(27-12)14-5-3-2-4-6-14)18(26)24-9-7-13(8-10-24)16(25)22-19-23-20-11-28-19/h2-6,11,13H,7-10H2,1H3,(H,22,23,25). The second-order valence-corrected chi connectivity index (χ2v) is 7.42. The lowest BCUT2D eigenvalue weighted by atomic mass is 9.96. The molecule has 1 N–H and O–H groups in total. The van der Waals surface area contributed by atoms with Gasteiger partial charge in [0.25, 0.3) is 5.91 Å². The van der Waals surface area contributed by atoms with Gasteiger partial charge in [-0.25, -0.2) is 4.98 Å². The second kappa shape index (κ2) is 7.89. The molecule has 0 radical (unpaired) electrons. The minimum Gasteiger partial charge on any atom is -0.441 e. The summed E-state index contributed by atoms with van der Waals surface area (Å²) in [7, 11) is 0. The van der Waals surface area contributed by atoms with Gasteiger partial charge in [0.1, 0.15) is 11.3 Å². The first-order valence-corrected chi connectivity index (χ1v) is 9.89. The van der Waals surface area contributed by atoms with Gasteiger partial charge in [0, 0.05) is 24.6 Å². The highest BCUT2D eigenvalue weighted by Crippen LogP contribution is 2.25. The van der Waals surface area contributed by atoms with Gasteiger partial charge in [0.05, 0.1) is 0 Å². The summed E-state index contributed by atoms with van der Waals surface area (Å²) < 4.78 is 5.70. The molecule has 1 aliphatic rings. The summed E-state index contributed by atoms with van der Waals surface area (Å²) in [4.78, 5) is 31.3. The van der Waals surface area contributed by atoms with Gasteiger partial charge in [-0.15, -0.1) is 10.2 Å². The first kappa shape index (κ1) is 18.3. The second-order valence-electron chi connectivity index (χ2n) is 6.59. The predicted octanol–water partition coefficient (Wildman–Crippen LogP) is 2.99. The highest BCUT2D eigenvalue weighted by Gasteiger charge is 2.30. The minimum atomic E-state index is -0.161. The summed E-state index contributed by atoms with van der Waals surface area (Å²) in [5.41, 5.74) is 2.73. The molecule has 4 rings (SSSR count). The van der Waals surface area contributed by atoms with Crippen molar-refractivity contribution in [2.75, 3.05) is 18.4 Å². The highest BCUT2D eigenvalue weighted by molar-refractivity contribution is 7.13. The van der Waals surface area contributed by atoms with E-state index in [1.54, 1.807) is 17.3 Å². The Kier molecular flexibility index (Phi) is 5.16. The maximum absolute atomic E-state index is 12.9. The maximum Gasteiger partial charge on any atom is 0.276 e. The minimum absolute atomic E-state index is 0.0761. The van der Waals surface area contributed by atoms with Crippen molar-refractivity contribution in [1.82, 2.24) is 20.1 Å². The molecule has 0 spiro atoms. The van der Waals surface area contributed by atoms with Crippen LogP contribution in [0.25, 0.3) is 11.5 Å². The highest BCUT2D eigenvalue weighted by atomic mass is 32.1. The number of rotatable bonds is 4.